The Bertz CT molecular complexity index is 834. The van der Waals surface area contributed by atoms with Crippen LogP contribution in [0.4, 0.5) is 5.00 Å². The van der Waals surface area contributed by atoms with Crippen molar-refractivity contribution >= 4 is 34.0 Å². The van der Waals surface area contributed by atoms with Gasteiger partial charge in [-0.05, 0) is 51.2 Å². The van der Waals surface area contributed by atoms with Gasteiger partial charge in [0.05, 0.1) is 11.3 Å². The standard InChI is InChI=1S/C19H22N4OS2/c1-12-9-13(2)22-19(21-12)25-11-17(24)23-18-15(10-20)14-7-5-3-4-6-8-16(14)26-18/h9H,3-8,11H2,1-2H3,(H,23,24). The summed E-state index contributed by atoms with van der Waals surface area (Å²) in [6, 6.07) is 4.22. The molecule has 0 spiro atoms. The Morgan fingerprint density at radius 3 is 2.62 bits per heavy atom. The van der Waals surface area contributed by atoms with E-state index in [2.05, 4.69) is 21.4 Å². The Hall–Kier alpha value is -1.91. The summed E-state index contributed by atoms with van der Waals surface area (Å²) in [5.41, 5.74) is 3.60. The van der Waals surface area contributed by atoms with E-state index in [1.807, 2.05) is 19.9 Å². The van der Waals surface area contributed by atoms with E-state index in [-0.39, 0.29) is 11.7 Å². The quantitative estimate of drug-likeness (QED) is 0.622. The molecule has 7 heteroatoms. The topological polar surface area (TPSA) is 78.7 Å². The Morgan fingerprint density at radius 2 is 1.92 bits per heavy atom. The van der Waals surface area contributed by atoms with Gasteiger partial charge in [0.15, 0.2) is 5.16 Å². The van der Waals surface area contributed by atoms with E-state index < -0.39 is 0 Å². The Labute approximate surface area is 162 Å². The van der Waals surface area contributed by atoms with E-state index >= 15 is 0 Å². The zero-order valence-electron chi connectivity index (χ0n) is 15.1. The number of carbonyl (C=O) groups is 1. The summed E-state index contributed by atoms with van der Waals surface area (Å²) >= 11 is 2.89. The van der Waals surface area contributed by atoms with Crippen LogP contribution in [0.5, 0.6) is 0 Å². The van der Waals surface area contributed by atoms with E-state index in [1.165, 1.54) is 29.5 Å². The molecule has 0 aromatic carbocycles. The molecule has 2 heterocycles. The lowest BCUT2D eigenvalue weighted by atomic mass is 9.97. The molecule has 1 aliphatic carbocycles. The molecule has 0 atom stereocenters. The van der Waals surface area contributed by atoms with Crippen molar-refractivity contribution in [1.82, 2.24) is 9.97 Å². The molecule has 0 unspecified atom stereocenters. The number of nitrogens with one attached hydrogen (secondary N) is 1. The molecule has 2 aromatic heterocycles. The number of nitrogens with zero attached hydrogens (tertiary/aromatic N) is 3. The van der Waals surface area contributed by atoms with Crippen LogP contribution in [0, 0.1) is 25.2 Å². The zero-order chi connectivity index (χ0) is 18.5. The highest BCUT2D eigenvalue weighted by Gasteiger charge is 2.20. The Morgan fingerprint density at radius 1 is 1.23 bits per heavy atom. The van der Waals surface area contributed by atoms with Gasteiger partial charge < -0.3 is 5.32 Å². The monoisotopic (exact) mass is 386 g/mol. The summed E-state index contributed by atoms with van der Waals surface area (Å²) in [6.45, 7) is 3.83. The number of amides is 1. The summed E-state index contributed by atoms with van der Waals surface area (Å²) in [5, 5.41) is 13.8. The predicted octanol–water partition coefficient (Wildman–Crippen LogP) is 4.42. The zero-order valence-corrected chi connectivity index (χ0v) is 16.7. The number of rotatable bonds is 4. The SMILES string of the molecule is Cc1cc(C)nc(SCC(=O)Nc2sc3c(c2C#N)CCCCCC3)n1. The number of hydrogen-bond donors (Lipinski definition) is 1. The molecule has 0 saturated heterocycles. The molecule has 0 radical (unpaired) electrons. The first kappa shape index (κ1) is 18.9. The van der Waals surface area contributed by atoms with Gasteiger partial charge in [0, 0.05) is 16.3 Å². The molecular weight excluding hydrogens is 364 g/mol. The highest BCUT2D eigenvalue weighted by molar-refractivity contribution is 7.99. The van der Waals surface area contributed by atoms with Crippen molar-refractivity contribution in [3.8, 4) is 6.07 Å². The van der Waals surface area contributed by atoms with Crippen molar-refractivity contribution in [2.24, 2.45) is 0 Å². The Balaban J connectivity index is 1.69. The number of aryl methyl sites for hydroxylation is 3. The lowest BCUT2D eigenvalue weighted by Crippen LogP contribution is -2.14. The number of carbonyl (C=O) groups excluding carboxylic acids is 1. The number of thioether (sulfide) groups is 1. The summed E-state index contributed by atoms with van der Waals surface area (Å²) in [7, 11) is 0. The largest absolute Gasteiger partial charge is 0.316 e. The van der Waals surface area contributed by atoms with Gasteiger partial charge in [-0.3, -0.25) is 4.79 Å². The van der Waals surface area contributed by atoms with Crippen LogP contribution in [0.3, 0.4) is 0 Å². The van der Waals surface area contributed by atoms with Crippen molar-refractivity contribution in [3.63, 3.8) is 0 Å². The van der Waals surface area contributed by atoms with Crippen LogP contribution in [-0.2, 0) is 17.6 Å². The lowest BCUT2D eigenvalue weighted by molar-refractivity contribution is -0.113. The molecule has 5 nitrogen and oxygen atoms in total. The smallest absolute Gasteiger partial charge is 0.235 e. The number of thiophene rings is 1. The molecule has 0 saturated carbocycles. The number of fused-ring (bicyclic) bond motifs is 1. The van der Waals surface area contributed by atoms with Crippen molar-refractivity contribution in [2.45, 2.75) is 57.5 Å². The lowest BCUT2D eigenvalue weighted by Gasteiger charge is -2.08. The molecule has 26 heavy (non-hydrogen) atoms. The molecule has 0 aliphatic heterocycles. The van der Waals surface area contributed by atoms with E-state index in [0.717, 1.165) is 42.6 Å². The van der Waals surface area contributed by atoms with Gasteiger partial charge >= 0.3 is 0 Å². The molecule has 3 rings (SSSR count). The number of nitriles is 1. The van der Waals surface area contributed by atoms with Gasteiger partial charge in [-0.25, -0.2) is 9.97 Å². The molecule has 136 valence electrons. The van der Waals surface area contributed by atoms with Crippen molar-refractivity contribution in [2.75, 3.05) is 11.1 Å². The van der Waals surface area contributed by atoms with Crippen LogP contribution < -0.4 is 5.32 Å². The first-order chi connectivity index (χ1) is 12.6. The van der Waals surface area contributed by atoms with E-state index in [4.69, 9.17) is 0 Å². The van der Waals surface area contributed by atoms with Gasteiger partial charge in [-0.1, -0.05) is 24.6 Å². The van der Waals surface area contributed by atoms with E-state index in [1.54, 1.807) is 11.3 Å². The Kier molecular flexibility index (Phi) is 6.28. The van der Waals surface area contributed by atoms with Crippen molar-refractivity contribution < 1.29 is 4.79 Å². The average Bonchev–Trinajstić information content (AvgIpc) is 2.87. The first-order valence-electron chi connectivity index (χ1n) is 8.86. The molecular formula is C19H22N4OS2. The summed E-state index contributed by atoms with van der Waals surface area (Å²) in [5.74, 6) is 0.111. The molecule has 0 fully saturated rings. The van der Waals surface area contributed by atoms with Gasteiger partial charge in [-0.15, -0.1) is 11.3 Å². The molecule has 0 bridgehead atoms. The first-order valence-corrected chi connectivity index (χ1v) is 10.7. The maximum Gasteiger partial charge on any atom is 0.235 e. The van der Waals surface area contributed by atoms with Crippen molar-refractivity contribution in [1.29, 1.82) is 5.26 Å². The van der Waals surface area contributed by atoms with Crippen LogP contribution in [0.1, 0.15) is 53.1 Å². The molecule has 2 aromatic rings. The highest BCUT2D eigenvalue weighted by atomic mass is 32.2. The maximum atomic E-state index is 12.4. The third-order valence-electron chi connectivity index (χ3n) is 4.33. The third kappa shape index (κ3) is 4.63. The van der Waals surface area contributed by atoms with Crippen LogP contribution in [0.2, 0.25) is 0 Å². The minimum absolute atomic E-state index is 0.122. The van der Waals surface area contributed by atoms with Gasteiger partial charge in [0.2, 0.25) is 5.91 Å². The van der Waals surface area contributed by atoms with Crippen LogP contribution in [0.15, 0.2) is 11.2 Å². The van der Waals surface area contributed by atoms with Crippen LogP contribution in [0.25, 0.3) is 0 Å². The van der Waals surface area contributed by atoms with Crippen LogP contribution >= 0.6 is 23.1 Å². The number of hydrogen-bond acceptors (Lipinski definition) is 6. The minimum atomic E-state index is -0.122. The maximum absolute atomic E-state index is 12.4. The van der Waals surface area contributed by atoms with Crippen LogP contribution in [-0.4, -0.2) is 21.6 Å². The van der Waals surface area contributed by atoms with Gasteiger partial charge in [0.25, 0.3) is 0 Å². The van der Waals surface area contributed by atoms with Crippen molar-refractivity contribution in [3.05, 3.63) is 33.5 Å². The van der Waals surface area contributed by atoms with E-state index in [0.29, 0.717) is 15.7 Å². The average molecular weight is 387 g/mol. The second-order valence-electron chi connectivity index (χ2n) is 6.50. The fourth-order valence-corrected chi connectivity index (χ4v) is 5.18. The van der Waals surface area contributed by atoms with Gasteiger partial charge in [-0.2, -0.15) is 5.26 Å². The predicted molar refractivity (Wildman–Crippen MR) is 106 cm³/mol. The molecule has 1 aliphatic rings. The van der Waals surface area contributed by atoms with E-state index in [9.17, 15) is 10.1 Å². The van der Waals surface area contributed by atoms with Gasteiger partial charge in [0.1, 0.15) is 11.1 Å². The third-order valence-corrected chi connectivity index (χ3v) is 6.38. The second kappa shape index (κ2) is 8.65. The molecule has 1 N–H and O–H groups in total. The summed E-state index contributed by atoms with van der Waals surface area (Å²) < 4.78 is 0. The minimum Gasteiger partial charge on any atom is -0.316 e. The number of aromatic nitrogens is 2. The fraction of sp³-hybridized carbons (Fsp3) is 0.474. The summed E-state index contributed by atoms with van der Waals surface area (Å²) in [4.78, 5) is 22.3. The summed E-state index contributed by atoms with van der Waals surface area (Å²) in [6.07, 6.45) is 6.69. The molecule has 1 amide bonds. The normalized spacial score (nSPS) is 14.0. The fourth-order valence-electron chi connectivity index (χ4n) is 3.18. The highest BCUT2D eigenvalue weighted by Crippen LogP contribution is 2.36. The second-order valence-corrected chi connectivity index (χ2v) is 8.55. The number of anilines is 1.